The molecule has 4 heteroatoms. The molecule has 17 heavy (non-hydrogen) atoms. The van der Waals surface area contributed by atoms with Gasteiger partial charge in [0.2, 0.25) is 0 Å². The third-order valence-electron chi connectivity index (χ3n) is 4.15. The number of fused-ring (bicyclic) bond motifs is 2. The van der Waals surface area contributed by atoms with Crippen LogP contribution in [0.15, 0.2) is 18.2 Å². The van der Waals surface area contributed by atoms with Gasteiger partial charge in [-0.05, 0) is 18.4 Å². The second kappa shape index (κ2) is 3.39. The first-order valence-electron chi connectivity index (χ1n) is 5.95. The Labute approximate surface area is 98.8 Å². The molecule has 0 unspecified atom stereocenters. The Morgan fingerprint density at radius 2 is 1.94 bits per heavy atom. The molecule has 0 bridgehead atoms. The van der Waals surface area contributed by atoms with Crippen LogP contribution in [0.2, 0.25) is 0 Å². The van der Waals surface area contributed by atoms with Crippen LogP contribution in [-0.2, 0) is 5.41 Å². The van der Waals surface area contributed by atoms with Gasteiger partial charge in [-0.25, -0.2) is 0 Å². The van der Waals surface area contributed by atoms with E-state index in [9.17, 15) is 14.9 Å². The van der Waals surface area contributed by atoms with Gasteiger partial charge >= 0.3 is 0 Å². The number of rotatable bonds is 1. The van der Waals surface area contributed by atoms with Gasteiger partial charge in [0.15, 0.2) is 5.78 Å². The van der Waals surface area contributed by atoms with Crippen molar-refractivity contribution >= 4 is 11.5 Å². The number of nitro benzene ring substituents is 1. The smallest absolute Gasteiger partial charge is 0.270 e. The van der Waals surface area contributed by atoms with Gasteiger partial charge in [-0.1, -0.05) is 18.9 Å². The third-order valence-corrected chi connectivity index (χ3v) is 4.15. The Morgan fingerprint density at radius 3 is 2.59 bits per heavy atom. The van der Waals surface area contributed by atoms with E-state index in [-0.39, 0.29) is 16.9 Å². The molecule has 1 saturated carbocycles. The molecule has 0 aliphatic heterocycles. The summed E-state index contributed by atoms with van der Waals surface area (Å²) in [4.78, 5) is 22.3. The first kappa shape index (κ1) is 10.4. The average Bonchev–Trinajstić information content (AvgIpc) is 2.87. The fraction of sp³-hybridized carbons (Fsp3) is 0.462. The van der Waals surface area contributed by atoms with Crippen LogP contribution in [0.25, 0.3) is 0 Å². The number of nitrogens with zero attached hydrogens (tertiary/aromatic N) is 1. The first-order valence-corrected chi connectivity index (χ1v) is 5.95. The summed E-state index contributed by atoms with van der Waals surface area (Å²) in [5.74, 6) is 0.0746. The van der Waals surface area contributed by atoms with Crippen molar-refractivity contribution in [1.29, 1.82) is 0 Å². The zero-order valence-corrected chi connectivity index (χ0v) is 9.44. The highest BCUT2D eigenvalue weighted by Crippen LogP contribution is 2.50. The van der Waals surface area contributed by atoms with E-state index in [1.165, 1.54) is 12.1 Å². The molecule has 1 fully saturated rings. The van der Waals surface area contributed by atoms with Gasteiger partial charge in [0, 0.05) is 29.5 Å². The lowest BCUT2D eigenvalue weighted by Gasteiger charge is -2.22. The van der Waals surface area contributed by atoms with Crippen LogP contribution in [0.1, 0.15) is 48.0 Å². The Balaban J connectivity index is 2.13. The van der Waals surface area contributed by atoms with Gasteiger partial charge in [-0.2, -0.15) is 0 Å². The minimum atomic E-state index is -0.437. The normalized spacial score (nSPS) is 20.8. The van der Waals surface area contributed by atoms with E-state index in [4.69, 9.17) is 0 Å². The predicted molar refractivity (Wildman–Crippen MR) is 62.2 cm³/mol. The minimum Gasteiger partial charge on any atom is -0.294 e. The number of benzene rings is 1. The maximum atomic E-state index is 12.0. The number of Topliss-reactive ketones (excluding diaryl/α,β-unsaturated/α-hetero) is 1. The molecule has 88 valence electrons. The van der Waals surface area contributed by atoms with Crippen molar-refractivity contribution in [3.05, 3.63) is 39.4 Å². The summed E-state index contributed by atoms with van der Waals surface area (Å²) < 4.78 is 0. The van der Waals surface area contributed by atoms with Crippen LogP contribution in [0, 0.1) is 10.1 Å². The van der Waals surface area contributed by atoms with E-state index >= 15 is 0 Å². The Bertz CT molecular complexity index is 515. The number of ketones is 1. The topological polar surface area (TPSA) is 60.2 Å². The van der Waals surface area contributed by atoms with Crippen molar-refractivity contribution in [2.75, 3.05) is 0 Å². The molecule has 2 aliphatic carbocycles. The summed E-state index contributed by atoms with van der Waals surface area (Å²) in [6.45, 7) is 0. The Morgan fingerprint density at radius 1 is 1.24 bits per heavy atom. The van der Waals surface area contributed by atoms with Crippen molar-refractivity contribution in [1.82, 2.24) is 0 Å². The van der Waals surface area contributed by atoms with E-state index in [2.05, 4.69) is 0 Å². The number of hydrogen-bond donors (Lipinski definition) is 0. The average molecular weight is 231 g/mol. The lowest BCUT2D eigenvalue weighted by atomic mass is 9.80. The third kappa shape index (κ3) is 1.40. The molecular formula is C13H13NO3. The summed E-state index contributed by atoms with van der Waals surface area (Å²) in [7, 11) is 0. The van der Waals surface area contributed by atoms with Crippen LogP contribution in [0.5, 0.6) is 0 Å². The second-order valence-electron chi connectivity index (χ2n) is 5.07. The highest BCUT2D eigenvalue weighted by atomic mass is 16.6. The number of carbonyl (C=O) groups is 1. The fourth-order valence-electron chi connectivity index (χ4n) is 3.33. The molecule has 0 amide bonds. The molecule has 1 aromatic carbocycles. The first-order chi connectivity index (χ1) is 8.12. The molecule has 0 heterocycles. The van der Waals surface area contributed by atoms with Crippen molar-refractivity contribution in [2.45, 2.75) is 37.5 Å². The SMILES string of the molecule is O=C1CC2(CCCC2)c2ccc([N+](=O)[O-])cc21. The molecule has 0 N–H and O–H groups in total. The molecule has 0 aromatic heterocycles. The second-order valence-corrected chi connectivity index (χ2v) is 5.07. The number of carbonyl (C=O) groups excluding carboxylic acids is 1. The molecule has 2 aliphatic rings. The minimum absolute atomic E-state index is 0.00153. The van der Waals surface area contributed by atoms with Crippen LogP contribution >= 0.6 is 0 Å². The molecular weight excluding hydrogens is 218 g/mol. The van der Waals surface area contributed by atoms with E-state index in [0.717, 1.165) is 31.2 Å². The number of nitro groups is 1. The van der Waals surface area contributed by atoms with Crippen LogP contribution in [0.3, 0.4) is 0 Å². The summed E-state index contributed by atoms with van der Waals surface area (Å²) >= 11 is 0. The summed E-state index contributed by atoms with van der Waals surface area (Å²) in [6.07, 6.45) is 4.95. The van der Waals surface area contributed by atoms with Gasteiger partial charge in [0.25, 0.3) is 5.69 Å². The predicted octanol–water partition coefficient (Wildman–Crippen LogP) is 2.99. The molecule has 0 atom stereocenters. The monoisotopic (exact) mass is 231 g/mol. The van der Waals surface area contributed by atoms with Crippen molar-refractivity contribution < 1.29 is 9.72 Å². The van der Waals surface area contributed by atoms with Gasteiger partial charge < -0.3 is 0 Å². The molecule has 1 spiro atoms. The van der Waals surface area contributed by atoms with Crippen LogP contribution in [-0.4, -0.2) is 10.7 Å². The van der Waals surface area contributed by atoms with Gasteiger partial charge in [0.1, 0.15) is 0 Å². The van der Waals surface area contributed by atoms with Crippen molar-refractivity contribution in [3.63, 3.8) is 0 Å². The standard InChI is InChI=1S/C13H13NO3/c15-12-8-13(5-1-2-6-13)11-4-3-9(14(16)17)7-10(11)12/h3-4,7H,1-2,5-6,8H2. The molecule has 0 saturated heterocycles. The van der Waals surface area contributed by atoms with Crippen LogP contribution in [0.4, 0.5) is 5.69 Å². The summed E-state index contributed by atoms with van der Waals surface area (Å²) in [5.41, 5.74) is 1.65. The lowest BCUT2D eigenvalue weighted by molar-refractivity contribution is -0.384. The highest BCUT2D eigenvalue weighted by Gasteiger charge is 2.45. The molecule has 3 rings (SSSR count). The maximum absolute atomic E-state index is 12.0. The van der Waals surface area contributed by atoms with E-state index in [1.807, 2.05) is 0 Å². The van der Waals surface area contributed by atoms with Crippen molar-refractivity contribution in [3.8, 4) is 0 Å². The van der Waals surface area contributed by atoms with E-state index in [1.54, 1.807) is 6.07 Å². The number of non-ortho nitro benzene ring substituents is 1. The quantitative estimate of drug-likeness (QED) is 0.551. The fourth-order valence-corrected chi connectivity index (χ4v) is 3.33. The zero-order chi connectivity index (χ0) is 12.0. The lowest BCUT2D eigenvalue weighted by Crippen LogP contribution is -2.18. The summed E-state index contributed by atoms with van der Waals surface area (Å²) in [5, 5.41) is 10.7. The van der Waals surface area contributed by atoms with E-state index in [0.29, 0.717) is 12.0 Å². The van der Waals surface area contributed by atoms with Crippen molar-refractivity contribution in [2.24, 2.45) is 0 Å². The van der Waals surface area contributed by atoms with Gasteiger partial charge in [-0.3, -0.25) is 14.9 Å². The Hall–Kier alpha value is -1.71. The van der Waals surface area contributed by atoms with Gasteiger partial charge in [0.05, 0.1) is 4.92 Å². The molecule has 0 radical (unpaired) electrons. The van der Waals surface area contributed by atoms with Crippen LogP contribution < -0.4 is 0 Å². The summed E-state index contributed by atoms with van der Waals surface area (Å²) in [6, 6.07) is 4.77. The Kier molecular flexibility index (Phi) is 2.08. The number of hydrogen-bond acceptors (Lipinski definition) is 3. The zero-order valence-electron chi connectivity index (χ0n) is 9.44. The van der Waals surface area contributed by atoms with E-state index < -0.39 is 4.92 Å². The largest absolute Gasteiger partial charge is 0.294 e. The molecule has 1 aromatic rings. The van der Waals surface area contributed by atoms with Gasteiger partial charge in [-0.15, -0.1) is 0 Å². The highest BCUT2D eigenvalue weighted by molar-refractivity contribution is 6.02. The maximum Gasteiger partial charge on any atom is 0.270 e. The molecule has 4 nitrogen and oxygen atoms in total.